The van der Waals surface area contributed by atoms with E-state index in [2.05, 4.69) is 26.0 Å². The van der Waals surface area contributed by atoms with E-state index in [9.17, 15) is 26.0 Å². The average molecular weight is 493 g/mol. The lowest BCUT2D eigenvalue weighted by Gasteiger charge is -2.10. The second-order valence-electron chi connectivity index (χ2n) is 5.85. The minimum atomic E-state index is -3.97. The number of sulfone groups is 1. The molecular formula is C17H18BrFN2O5S2. The van der Waals surface area contributed by atoms with E-state index in [0.717, 1.165) is 12.3 Å². The van der Waals surface area contributed by atoms with Crippen molar-refractivity contribution in [2.45, 2.75) is 16.2 Å². The van der Waals surface area contributed by atoms with E-state index in [4.69, 9.17) is 0 Å². The first-order valence-electron chi connectivity index (χ1n) is 8.04. The number of sulfonamides is 1. The van der Waals surface area contributed by atoms with Gasteiger partial charge in [0.15, 0.2) is 9.84 Å². The van der Waals surface area contributed by atoms with Crippen molar-refractivity contribution in [3.8, 4) is 0 Å². The maximum atomic E-state index is 13.5. The van der Waals surface area contributed by atoms with Crippen molar-refractivity contribution in [3.63, 3.8) is 0 Å². The van der Waals surface area contributed by atoms with Crippen LogP contribution in [0.2, 0.25) is 0 Å². The summed E-state index contributed by atoms with van der Waals surface area (Å²) < 4.78 is 64.2. The lowest BCUT2D eigenvalue weighted by atomic mass is 10.2. The zero-order valence-electron chi connectivity index (χ0n) is 14.8. The summed E-state index contributed by atoms with van der Waals surface area (Å²) in [6, 6.07) is 9.25. The van der Waals surface area contributed by atoms with Gasteiger partial charge < -0.3 is 5.32 Å². The van der Waals surface area contributed by atoms with Crippen molar-refractivity contribution in [1.29, 1.82) is 0 Å². The molecular weight excluding hydrogens is 475 g/mol. The van der Waals surface area contributed by atoms with E-state index in [1.165, 1.54) is 36.4 Å². The molecule has 2 aromatic rings. The fourth-order valence-electron chi connectivity index (χ4n) is 2.24. The van der Waals surface area contributed by atoms with Crippen LogP contribution in [0.4, 0.5) is 4.39 Å². The summed E-state index contributed by atoms with van der Waals surface area (Å²) in [5.74, 6) is -1.24. The van der Waals surface area contributed by atoms with Crippen LogP contribution in [0, 0.1) is 5.82 Å². The molecule has 7 nitrogen and oxygen atoms in total. The zero-order valence-corrected chi connectivity index (χ0v) is 18.0. The molecule has 0 saturated carbocycles. The molecule has 0 spiro atoms. The second kappa shape index (κ2) is 9.12. The molecule has 0 fully saturated rings. The van der Waals surface area contributed by atoms with Gasteiger partial charge >= 0.3 is 0 Å². The van der Waals surface area contributed by atoms with Crippen LogP contribution in [-0.2, 0) is 19.9 Å². The third kappa shape index (κ3) is 5.84. The van der Waals surface area contributed by atoms with Crippen molar-refractivity contribution in [3.05, 3.63) is 58.3 Å². The van der Waals surface area contributed by atoms with E-state index in [1.807, 2.05) is 0 Å². The minimum Gasteiger partial charge on any atom is -0.352 e. The van der Waals surface area contributed by atoms with Gasteiger partial charge in [-0.3, -0.25) is 4.79 Å². The number of halogens is 2. The van der Waals surface area contributed by atoms with Gasteiger partial charge in [0.1, 0.15) is 5.82 Å². The van der Waals surface area contributed by atoms with Gasteiger partial charge in [-0.2, -0.15) is 0 Å². The molecule has 0 aliphatic heterocycles. The first kappa shape index (κ1) is 22.5. The summed E-state index contributed by atoms with van der Waals surface area (Å²) in [7, 11) is -7.53. The van der Waals surface area contributed by atoms with Crippen LogP contribution in [-0.4, -0.2) is 42.1 Å². The van der Waals surface area contributed by atoms with Crippen LogP contribution in [0.25, 0.3) is 0 Å². The standard InChI is InChI=1S/C17H18BrFN2O5S2/c1-27(23,24)12-7-8-14(18)16(11-12)28(25,26)21-10-4-9-20-17(22)13-5-2-3-6-15(13)19/h2-3,5-8,11,21H,4,9-10H2,1H3,(H,20,22). The Hall–Kier alpha value is -1.82. The first-order valence-corrected chi connectivity index (χ1v) is 12.2. The molecule has 0 aromatic heterocycles. The molecule has 0 aliphatic carbocycles. The Morgan fingerprint density at radius 1 is 1.07 bits per heavy atom. The van der Waals surface area contributed by atoms with Crippen molar-refractivity contribution >= 4 is 41.7 Å². The highest BCUT2D eigenvalue weighted by Gasteiger charge is 2.20. The smallest absolute Gasteiger partial charge is 0.254 e. The maximum absolute atomic E-state index is 13.5. The Labute approximate surface area is 171 Å². The third-order valence-corrected chi connectivity index (χ3v) is 7.24. The maximum Gasteiger partial charge on any atom is 0.254 e. The summed E-state index contributed by atoms with van der Waals surface area (Å²) in [5, 5.41) is 2.50. The molecule has 152 valence electrons. The summed E-state index contributed by atoms with van der Waals surface area (Å²) in [4.78, 5) is 11.5. The molecule has 1 amide bonds. The van der Waals surface area contributed by atoms with Crippen LogP contribution < -0.4 is 10.0 Å². The number of amides is 1. The average Bonchev–Trinajstić information content (AvgIpc) is 2.60. The van der Waals surface area contributed by atoms with Crippen LogP contribution in [0.5, 0.6) is 0 Å². The third-order valence-electron chi connectivity index (χ3n) is 3.67. The normalized spacial score (nSPS) is 12.0. The van der Waals surface area contributed by atoms with Gasteiger partial charge in [0.05, 0.1) is 15.4 Å². The molecule has 0 saturated heterocycles. The molecule has 28 heavy (non-hydrogen) atoms. The number of carbonyl (C=O) groups is 1. The topological polar surface area (TPSA) is 109 Å². The molecule has 0 unspecified atom stereocenters. The predicted molar refractivity (Wildman–Crippen MR) is 106 cm³/mol. The van der Waals surface area contributed by atoms with Crippen molar-refractivity contribution in [1.82, 2.24) is 10.0 Å². The number of benzene rings is 2. The van der Waals surface area contributed by atoms with Crippen molar-refractivity contribution in [2.24, 2.45) is 0 Å². The fourth-order valence-corrected chi connectivity index (χ4v) is 5.02. The van der Waals surface area contributed by atoms with Gasteiger partial charge in [0, 0.05) is 23.8 Å². The molecule has 11 heteroatoms. The Kier molecular flexibility index (Phi) is 7.32. The highest BCUT2D eigenvalue weighted by Crippen LogP contribution is 2.25. The van der Waals surface area contributed by atoms with E-state index >= 15 is 0 Å². The largest absolute Gasteiger partial charge is 0.352 e. The Morgan fingerprint density at radius 2 is 1.75 bits per heavy atom. The quantitative estimate of drug-likeness (QED) is 0.548. The Balaban J connectivity index is 1.94. The molecule has 0 bridgehead atoms. The van der Waals surface area contributed by atoms with E-state index in [1.54, 1.807) is 0 Å². The first-order chi connectivity index (χ1) is 13.0. The number of rotatable bonds is 8. The fraction of sp³-hybridized carbons (Fsp3) is 0.235. The predicted octanol–water partition coefficient (Wildman–Crippen LogP) is 2.09. The monoisotopic (exact) mass is 492 g/mol. The van der Waals surface area contributed by atoms with Gasteiger partial charge in [-0.1, -0.05) is 12.1 Å². The van der Waals surface area contributed by atoms with E-state index < -0.39 is 31.6 Å². The minimum absolute atomic E-state index is 0.00454. The van der Waals surface area contributed by atoms with Gasteiger partial charge in [0.2, 0.25) is 10.0 Å². The summed E-state index contributed by atoms with van der Waals surface area (Å²) >= 11 is 3.10. The van der Waals surface area contributed by atoms with Crippen LogP contribution in [0.1, 0.15) is 16.8 Å². The Bertz CT molecular complexity index is 1090. The lowest BCUT2D eigenvalue weighted by Crippen LogP contribution is -2.30. The molecule has 0 atom stereocenters. The number of hydrogen-bond donors (Lipinski definition) is 2. The summed E-state index contributed by atoms with van der Waals surface area (Å²) in [6.45, 7) is 0.121. The Morgan fingerprint density at radius 3 is 2.39 bits per heavy atom. The summed E-state index contributed by atoms with van der Waals surface area (Å²) in [5.41, 5.74) is -0.0930. The van der Waals surface area contributed by atoms with Gasteiger partial charge in [-0.15, -0.1) is 0 Å². The number of hydrogen-bond acceptors (Lipinski definition) is 5. The molecule has 2 aromatic carbocycles. The number of carbonyl (C=O) groups excluding carboxylic acids is 1. The highest BCUT2D eigenvalue weighted by atomic mass is 79.9. The van der Waals surface area contributed by atoms with Crippen LogP contribution in [0.3, 0.4) is 0 Å². The van der Waals surface area contributed by atoms with Crippen molar-refractivity contribution < 1.29 is 26.0 Å². The van der Waals surface area contributed by atoms with Crippen molar-refractivity contribution in [2.75, 3.05) is 19.3 Å². The number of nitrogens with one attached hydrogen (secondary N) is 2. The molecule has 0 aliphatic rings. The van der Waals surface area contributed by atoms with Crippen LogP contribution >= 0.6 is 15.9 Å². The van der Waals surface area contributed by atoms with E-state index in [0.29, 0.717) is 0 Å². The summed E-state index contributed by atoms with van der Waals surface area (Å²) in [6.07, 6.45) is 1.24. The zero-order chi connectivity index (χ0) is 20.9. The van der Waals surface area contributed by atoms with Gasteiger partial charge in [-0.25, -0.2) is 25.9 Å². The lowest BCUT2D eigenvalue weighted by molar-refractivity contribution is 0.0949. The highest BCUT2D eigenvalue weighted by molar-refractivity contribution is 9.10. The van der Waals surface area contributed by atoms with E-state index in [-0.39, 0.29) is 39.3 Å². The molecule has 0 heterocycles. The molecule has 2 rings (SSSR count). The molecule has 2 N–H and O–H groups in total. The second-order valence-corrected chi connectivity index (χ2v) is 10.5. The molecule has 0 radical (unpaired) electrons. The van der Waals surface area contributed by atoms with Gasteiger partial charge in [-0.05, 0) is 52.7 Å². The SMILES string of the molecule is CS(=O)(=O)c1ccc(Br)c(S(=O)(=O)NCCCNC(=O)c2ccccc2F)c1. The van der Waals surface area contributed by atoms with Gasteiger partial charge in [0.25, 0.3) is 5.91 Å². The van der Waals surface area contributed by atoms with Crippen LogP contribution in [0.15, 0.2) is 56.7 Å².